The fourth-order valence-electron chi connectivity index (χ4n) is 1.49. The molecule has 0 saturated heterocycles. The third kappa shape index (κ3) is 3.31. The van der Waals surface area contributed by atoms with Crippen molar-refractivity contribution >= 4 is 5.97 Å². The maximum atomic E-state index is 11.9. The minimum absolute atomic E-state index is 0.214. The molecule has 102 valence electrons. The highest BCUT2D eigenvalue weighted by molar-refractivity contribution is 5.86. The molecule has 19 heavy (non-hydrogen) atoms. The number of benzene rings is 1. The monoisotopic (exact) mass is 377 g/mol. The average Bonchev–Trinajstić information content (AvgIpc) is 2.33. The van der Waals surface area contributed by atoms with Gasteiger partial charge in [0, 0.05) is 19.9 Å². The number of carbonyl (C=O) groups is 1. The molecule has 0 aliphatic carbocycles. The van der Waals surface area contributed by atoms with E-state index in [0.717, 1.165) is 3.57 Å². The summed E-state index contributed by atoms with van der Waals surface area (Å²) in [5.74, 6) is -1.27. The van der Waals surface area contributed by atoms with Crippen LogP contribution in [0.15, 0.2) is 33.8 Å². The van der Waals surface area contributed by atoms with E-state index in [1.807, 2.05) is 24.3 Å². The topological polar surface area (TPSA) is 65.0 Å². The lowest BCUT2D eigenvalue weighted by Crippen LogP contribution is -3.61. The number of halogens is 1. The second kappa shape index (κ2) is 5.28. The summed E-state index contributed by atoms with van der Waals surface area (Å²) in [6.07, 6.45) is 0. The van der Waals surface area contributed by atoms with Crippen LogP contribution in [0.25, 0.3) is 0 Å². The zero-order valence-corrected chi connectivity index (χ0v) is 12.9. The van der Waals surface area contributed by atoms with Crippen LogP contribution in [0.1, 0.15) is 13.8 Å². The zero-order valence-electron chi connectivity index (χ0n) is 10.8. The van der Waals surface area contributed by atoms with Gasteiger partial charge in [0.05, 0.1) is 7.11 Å². The molecule has 6 heteroatoms. The number of aliphatic hydroxyl groups excluding tert-OH is 1. The number of ether oxygens (including phenoxy) is 3. The van der Waals surface area contributed by atoms with E-state index in [0.29, 0.717) is 5.75 Å². The van der Waals surface area contributed by atoms with Gasteiger partial charge in [-0.1, -0.05) is 6.07 Å². The predicted molar refractivity (Wildman–Crippen MR) is 62.6 cm³/mol. The molecule has 0 saturated carbocycles. The molecule has 2 rings (SSSR count). The predicted octanol–water partition coefficient (Wildman–Crippen LogP) is -1.01. The lowest BCUT2D eigenvalue weighted by Gasteiger charge is -2.27. The van der Waals surface area contributed by atoms with E-state index in [1.54, 1.807) is 21.0 Å². The Balaban J connectivity index is 2.24. The molecule has 5 nitrogen and oxygen atoms in total. The van der Waals surface area contributed by atoms with Gasteiger partial charge >= 0.3 is 36.7 Å². The number of carbonyl (C=O) groups excluding carboxylic acids is 1. The van der Waals surface area contributed by atoms with Crippen molar-refractivity contribution in [2.24, 2.45) is 0 Å². The maximum absolute atomic E-state index is 11.9. The normalized spacial score (nSPS) is 17.7. The van der Waals surface area contributed by atoms with Crippen molar-refractivity contribution < 1.29 is 45.3 Å². The third-order valence-electron chi connectivity index (χ3n) is 2.28. The first-order chi connectivity index (χ1) is 8.91. The first kappa shape index (κ1) is 14.0. The van der Waals surface area contributed by atoms with E-state index in [2.05, 4.69) is 0 Å². The minimum atomic E-state index is -1.12. The van der Waals surface area contributed by atoms with Crippen molar-refractivity contribution in [2.45, 2.75) is 19.6 Å². The molecule has 0 bridgehead atoms. The lowest BCUT2D eigenvalue weighted by atomic mass is 10.3. The zero-order chi connectivity index (χ0) is 14.0. The second-order valence-corrected chi connectivity index (χ2v) is 7.13. The number of aliphatic hydroxyl groups is 1. The summed E-state index contributed by atoms with van der Waals surface area (Å²) in [5, 5.41) is 9.82. The second-order valence-electron chi connectivity index (χ2n) is 4.27. The van der Waals surface area contributed by atoms with Crippen LogP contribution in [0.2, 0.25) is 0 Å². The van der Waals surface area contributed by atoms with Gasteiger partial charge in [-0.2, -0.15) is 0 Å². The van der Waals surface area contributed by atoms with Crippen LogP contribution in [0, 0.1) is 3.57 Å². The Hall–Kier alpha value is -1.44. The van der Waals surface area contributed by atoms with Gasteiger partial charge in [-0.25, -0.2) is 4.79 Å². The van der Waals surface area contributed by atoms with E-state index >= 15 is 0 Å². The van der Waals surface area contributed by atoms with E-state index in [1.165, 1.54) is 0 Å². The van der Waals surface area contributed by atoms with E-state index in [4.69, 9.17) is 14.2 Å². The van der Waals surface area contributed by atoms with Crippen molar-refractivity contribution in [3.63, 3.8) is 0 Å². The Labute approximate surface area is 121 Å². The summed E-state index contributed by atoms with van der Waals surface area (Å²) >= 11 is -0.890. The Bertz CT molecular complexity index is 536. The number of methoxy groups -OCH3 is 1. The summed E-state index contributed by atoms with van der Waals surface area (Å²) in [6, 6.07) is 7.37. The van der Waals surface area contributed by atoms with Crippen LogP contribution in [-0.2, 0) is 14.3 Å². The Morgan fingerprint density at radius 1 is 1.32 bits per heavy atom. The standard InChI is InChI=1S/C13H13IO5/c1-13(2)18-11(15)10(12(16)19-13)14-8-5-4-6-9(7-8)17-3/h4-7H,1-3H3/p+1. The largest absolute Gasteiger partial charge is 0.497 e. The molecular formula is C13H14IO5+. The van der Waals surface area contributed by atoms with Gasteiger partial charge in [0.1, 0.15) is 5.75 Å². The molecule has 0 atom stereocenters. The number of esters is 1. The van der Waals surface area contributed by atoms with Crippen LogP contribution < -0.4 is 25.9 Å². The molecule has 1 aromatic carbocycles. The first-order valence-electron chi connectivity index (χ1n) is 5.56. The maximum Gasteiger partial charge on any atom is 0.396 e. The van der Waals surface area contributed by atoms with Crippen molar-refractivity contribution in [1.82, 2.24) is 0 Å². The highest BCUT2D eigenvalue weighted by Gasteiger charge is 2.44. The number of rotatable bonds is 3. The summed E-state index contributed by atoms with van der Waals surface area (Å²) < 4.78 is 16.5. The minimum Gasteiger partial charge on any atom is -0.497 e. The Morgan fingerprint density at radius 2 is 2.05 bits per heavy atom. The summed E-state index contributed by atoms with van der Waals surface area (Å²) in [5.41, 5.74) is 0. The molecule has 1 N–H and O–H groups in total. The smallest absolute Gasteiger partial charge is 0.396 e. The molecule has 1 aliphatic heterocycles. The quantitative estimate of drug-likeness (QED) is 0.541. The summed E-state index contributed by atoms with van der Waals surface area (Å²) in [6.45, 7) is 3.14. The molecule has 0 spiro atoms. The van der Waals surface area contributed by atoms with E-state index < -0.39 is 33.0 Å². The SMILES string of the molecule is COc1cccc([I+]C2=C(O)OC(C)(C)OC2=O)c1. The highest BCUT2D eigenvalue weighted by atomic mass is 127. The Kier molecular flexibility index (Phi) is 3.88. The highest BCUT2D eigenvalue weighted by Crippen LogP contribution is 2.21. The van der Waals surface area contributed by atoms with Gasteiger partial charge < -0.3 is 19.3 Å². The van der Waals surface area contributed by atoms with Crippen LogP contribution >= 0.6 is 0 Å². The van der Waals surface area contributed by atoms with Crippen molar-refractivity contribution in [3.05, 3.63) is 37.4 Å². The van der Waals surface area contributed by atoms with Gasteiger partial charge in [0.15, 0.2) is 3.57 Å². The summed E-state index contributed by atoms with van der Waals surface area (Å²) in [4.78, 5) is 11.9. The molecule has 1 aliphatic rings. The van der Waals surface area contributed by atoms with Crippen LogP contribution in [-0.4, -0.2) is 24.0 Å². The molecule has 0 aromatic heterocycles. The van der Waals surface area contributed by atoms with Gasteiger partial charge in [-0.15, -0.1) is 0 Å². The Morgan fingerprint density at radius 3 is 2.68 bits per heavy atom. The van der Waals surface area contributed by atoms with Crippen molar-refractivity contribution in [2.75, 3.05) is 7.11 Å². The number of hydrogen-bond acceptors (Lipinski definition) is 5. The number of hydrogen-bond donors (Lipinski definition) is 1. The fraction of sp³-hybridized carbons (Fsp3) is 0.308. The van der Waals surface area contributed by atoms with Crippen LogP contribution in [0.3, 0.4) is 0 Å². The molecular weight excluding hydrogens is 363 g/mol. The van der Waals surface area contributed by atoms with E-state index in [-0.39, 0.29) is 9.53 Å². The molecule has 0 fully saturated rings. The average molecular weight is 377 g/mol. The summed E-state index contributed by atoms with van der Waals surface area (Å²) in [7, 11) is 1.58. The molecule has 1 aromatic rings. The van der Waals surface area contributed by atoms with Gasteiger partial charge in [0.25, 0.3) is 5.79 Å². The lowest BCUT2D eigenvalue weighted by molar-refractivity contribution is -0.578. The van der Waals surface area contributed by atoms with Crippen LogP contribution in [0.5, 0.6) is 5.75 Å². The first-order valence-corrected chi connectivity index (χ1v) is 7.71. The van der Waals surface area contributed by atoms with Gasteiger partial charge in [0.2, 0.25) is 0 Å². The number of cyclic esters (lactones) is 1. The molecule has 0 unspecified atom stereocenters. The molecule has 0 radical (unpaired) electrons. The van der Waals surface area contributed by atoms with E-state index in [9.17, 15) is 9.90 Å². The van der Waals surface area contributed by atoms with Gasteiger partial charge in [-0.3, -0.25) is 0 Å². The molecule has 0 amide bonds. The fourth-order valence-corrected chi connectivity index (χ4v) is 3.64. The van der Waals surface area contributed by atoms with Gasteiger partial charge in [-0.05, 0) is 12.1 Å². The van der Waals surface area contributed by atoms with Crippen molar-refractivity contribution in [1.29, 1.82) is 0 Å². The van der Waals surface area contributed by atoms with Crippen LogP contribution in [0.4, 0.5) is 0 Å². The third-order valence-corrected chi connectivity index (χ3v) is 5.02. The van der Waals surface area contributed by atoms with Crippen molar-refractivity contribution in [3.8, 4) is 5.75 Å². The molecule has 1 heterocycles.